The summed E-state index contributed by atoms with van der Waals surface area (Å²) in [6.45, 7) is 8.80. The van der Waals surface area contributed by atoms with Crippen LogP contribution in [0.15, 0.2) is 109 Å². The minimum atomic E-state index is -3.83. The molecule has 2 aromatic heterocycles. The van der Waals surface area contributed by atoms with Crippen LogP contribution in [0.5, 0.6) is 0 Å². The molecule has 4 aromatic carbocycles. The van der Waals surface area contributed by atoms with Crippen LogP contribution in [0.1, 0.15) is 78.6 Å². The predicted octanol–water partition coefficient (Wildman–Crippen LogP) is 8.39. The van der Waals surface area contributed by atoms with Crippen LogP contribution in [-0.4, -0.2) is 71.2 Å². The first-order chi connectivity index (χ1) is 31.5. The lowest BCUT2D eigenvalue weighted by Gasteiger charge is -2.19. The zero-order chi connectivity index (χ0) is 48.9. The van der Waals surface area contributed by atoms with Gasteiger partial charge in [0, 0.05) is 47.1 Å². The minimum absolute atomic E-state index is 0.0911. The molecule has 0 aliphatic rings. The third-order valence-corrected chi connectivity index (χ3v) is 12.5. The standard InChI is InChI=1S/C27H32ClN3O5S.C22H24ClN3O3S/c1-19-16-24(31(29-19)23-7-5-6-22(28)18-23)12-13-25(32)17-21-10-8-20(9-11-21)14-15-37(34,35)30-26(33)36-27(2,3)4;1-16-13-21(26(25-16)20-4-2-3-19(23)15-20)9-10-22(27)14-18-7-5-17(6-8-18)11-12-30(24,28)29/h5-11,16,18H,12-15,17H2,1-4H3,(H,30,33);2-8,13,15H,9-12,14H2,1H3,(H2,24,28,29). The SMILES string of the molecule is Cc1cc(CCC(=O)Cc2ccc(CCS(=O)(=O)NC(=O)OC(C)(C)C)cc2)n(-c2cccc(Cl)c2)n1.Cc1cc(CCC(=O)Cc2ccc(CCS(N)(=O)=O)cc2)n(-c2cccc(Cl)c2)n1. The number of nitrogens with zero attached hydrogens (tertiary/aromatic N) is 4. The van der Waals surface area contributed by atoms with E-state index in [0.29, 0.717) is 48.6 Å². The third-order valence-electron chi connectivity index (χ3n) is 10.1. The number of carbonyl (C=O) groups is 3. The van der Waals surface area contributed by atoms with Gasteiger partial charge in [0.15, 0.2) is 0 Å². The molecular weight excluding hydrogens is 936 g/mol. The van der Waals surface area contributed by atoms with Crippen molar-refractivity contribution >= 4 is 60.9 Å². The van der Waals surface area contributed by atoms with Crippen molar-refractivity contribution in [3.05, 3.63) is 164 Å². The smallest absolute Gasteiger partial charge is 0.421 e. The molecule has 3 N–H and O–H groups in total. The lowest BCUT2D eigenvalue weighted by atomic mass is 10.0. The highest BCUT2D eigenvalue weighted by atomic mass is 35.5. The Kier molecular flexibility index (Phi) is 18.3. The highest BCUT2D eigenvalue weighted by Gasteiger charge is 2.21. The summed E-state index contributed by atoms with van der Waals surface area (Å²) in [4.78, 5) is 36.9. The summed E-state index contributed by atoms with van der Waals surface area (Å²) in [5, 5.41) is 15.3. The molecule has 356 valence electrons. The Bertz CT molecular complexity index is 2890. The molecule has 0 spiro atoms. The average molecular weight is 992 g/mol. The molecule has 6 rings (SSSR count). The fraction of sp³-hybridized carbons (Fsp3) is 0.327. The second-order valence-corrected chi connectivity index (χ2v) is 21.6. The van der Waals surface area contributed by atoms with Gasteiger partial charge in [0.05, 0.1) is 34.3 Å². The van der Waals surface area contributed by atoms with Gasteiger partial charge in [-0.2, -0.15) is 10.2 Å². The van der Waals surface area contributed by atoms with E-state index < -0.39 is 31.7 Å². The summed E-state index contributed by atoms with van der Waals surface area (Å²) >= 11 is 12.2. The Labute approximate surface area is 402 Å². The fourth-order valence-corrected chi connectivity index (χ4v) is 8.72. The molecule has 1 amide bonds. The van der Waals surface area contributed by atoms with E-state index in [2.05, 4.69) is 10.2 Å². The molecule has 0 saturated carbocycles. The van der Waals surface area contributed by atoms with Crippen LogP contribution in [0, 0.1) is 13.8 Å². The first kappa shape index (κ1) is 52.3. The highest BCUT2D eigenvalue weighted by Crippen LogP contribution is 2.21. The van der Waals surface area contributed by atoms with Crippen LogP contribution in [0.4, 0.5) is 4.79 Å². The number of halogens is 2. The van der Waals surface area contributed by atoms with Crippen LogP contribution >= 0.6 is 23.2 Å². The summed E-state index contributed by atoms with van der Waals surface area (Å²) in [7, 11) is -7.31. The number of primary sulfonamides is 1. The Hall–Kier alpha value is -5.65. The van der Waals surface area contributed by atoms with Gasteiger partial charge >= 0.3 is 6.09 Å². The Balaban J connectivity index is 0.000000256. The number of aromatic nitrogens is 4. The number of hydrogen-bond donors (Lipinski definition) is 2. The predicted molar refractivity (Wildman–Crippen MR) is 262 cm³/mol. The number of sulfonamides is 2. The number of ketones is 2. The average Bonchev–Trinajstić information content (AvgIpc) is 3.81. The molecule has 0 unspecified atom stereocenters. The van der Waals surface area contributed by atoms with Crippen molar-refractivity contribution in [1.29, 1.82) is 0 Å². The second-order valence-electron chi connectivity index (χ2n) is 17.2. The number of amides is 1. The Morgan fingerprint density at radius 1 is 0.612 bits per heavy atom. The van der Waals surface area contributed by atoms with Gasteiger partial charge in [-0.15, -0.1) is 0 Å². The summed E-state index contributed by atoms with van der Waals surface area (Å²) < 4.78 is 57.0. The number of nitrogens with one attached hydrogen (secondary N) is 1. The molecule has 18 heteroatoms. The first-order valence-corrected chi connectivity index (χ1v) is 25.7. The molecule has 0 atom stereocenters. The topological polar surface area (TPSA) is 202 Å². The molecule has 67 heavy (non-hydrogen) atoms. The van der Waals surface area contributed by atoms with Gasteiger partial charge in [-0.25, -0.2) is 40.9 Å². The van der Waals surface area contributed by atoms with E-state index in [-0.39, 0.29) is 35.9 Å². The van der Waals surface area contributed by atoms with Gasteiger partial charge in [-0.05, 0) is 131 Å². The molecule has 0 aliphatic heterocycles. The Morgan fingerprint density at radius 3 is 1.40 bits per heavy atom. The number of Topliss-reactive ketones (excluding diaryl/α,β-unsaturated/α-hetero) is 2. The van der Waals surface area contributed by atoms with Crippen molar-refractivity contribution in [2.24, 2.45) is 5.14 Å². The molecule has 0 fully saturated rings. The lowest BCUT2D eigenvalue weighted by Crippen LogP contribution is -2.37. The second kappa shape index (κ2) is 23.4. The first-order valence-electron chi connectivity index (χ1n) is 21.5. The molecule has 0 bridgehead atoms. The van der Waals surface area contributed by atoms with E-state index in [1.807, 2.05) is 119 Å². The molecular formula is C49H56Cl2N6O8S2. The van der Waals surface area contributed by atoms with Crippen molar-refractivity contribution in [3.63, 3.8) is 0 Å². The molecule has 0 aliphatic carbocycles. The normalized spacial score (nSPS) is 11.7. The van der Waals surface area contributed by atoms with Gasteiger partial charge in [-0.1, -0.05) is 83.9 Å². The lowest BCUT2D eigenvalue weighted by molar-refractivity contribution is -0.119. The number of hydrogen-bond acceptors (Lipinski definition) is 10. The third kappa shape index (κ3) is 18.2. The molecule has 2 heterocycles. The van der Waals surface area contributed by atoms with Gasteiger partial charge in [0.25, 0.3) is 0 Å². The van der Waals surface area contributed by atoms with Crippen molar-refractivity contribution in [2.75, 3.05) is 11.5 Å². The van der Waals surface area contributed by atoms with Crippen LogP contribution in [0.2, 0.25) is 10.0 Å². The van der Waals surface area contributed by atoms with E-state index in [0.717, 1.165) is 56.4 Å². The maximum Gasteiger partial charge on any atom is 0.421 e. The number of benzene rings is 4. The van der Waals surface area contributed by atoms with Crippen molar-refractivity contribution in [2.45, 2.75) is 91.6 Å². The van der Waals surface area contributed by atoms with E-state index in [1.165, 1.54) is 0 Å². The number of ether oxygens (including phenoxy) is 1. The quantitative estimate of drug-likeness (QED) is 0.0794. The van der Waals surface area contributed by atoms with Gasteiger partial charge in [-0.3, -0.25) is 9.59 Å². The number of aryl methyl sites for hydroxylation is 6. The van der Waals surface area contributed by atoms with Gasteiger partial charge < -0.3 is 4.74 Å². The zero-order valence-corrected chi connectivity index (χ0v) is 41.3. The maximum atomic E-state index is 12.7. The molecule has 14 nitrogen and oxygen atoms in total. The fourth-order valence-electron chi connectivity index (χ4n) is 6.93. The Morgan fingerprint density at radius 2 is 1.01 bits per heavy atom. The van der Waals surface area contributed by atoms with Crippen molar-refractivity contribution in [1.82, 2.24) is 24.3 Å². The van der Waals surface area contributed by atoms with Crippen LogP contribution in [-0.2, 0) is 72.9 Å². The zero-order valence-electron chi connectivity index (χ0n) is 38.2. The summed E-state index contributed by atoms with van der Waals surface area (Å²) in [5.41, 5.74) is 7.98. The number of rotatable bonds is 19. The highest BCUT2D eigenvalue weighted by molar-refractivity contribution is 7.90. The molecule has 0 saturated heterocycles. The summed E-state index contributed by atoms with van der Waals surface area (Å²) in [5.74, 6) is -0.132. The van der Waals surface area contributed by atoms with Crippen LogP contribution in [0.3, 0.4) is 0 Å². The summed E-state index contributed by atoms with van der Waals surface area (Å²) in [6.07, 6.45) is 2.10. The number of carbonyl (C=O) groups excluding carboxylic acids is 3. The number of nitrogens with two attached hydrogens (primary N) is 1. The van der Waals surface area contributed by atoms with Crippen molar-refractivity contribution in [3.8, 4) is 11.4 Å². The van der Waals surface area contributed by atoms with E-state index >= 15 is 0 Å². The minimum Gasteiger partial charge on any atom is -0.443 e. The van der Waals surface area contributed by atoms with Gasteiger partial charge in [0.1, 0.15) is 17.2 Å². The maximum absolute atomic E-state index is 12.7. The van der Waals surface area contributed by atoms with Gasteiger partial charge in [0.2, 0.25) is 20.0 Å². The summed E-state index contributed by atoms with van der Waals surface area (Å²) in [6, 6.07) is 33.4. The van der Waals surface area contributed by atoms with E-state index in [1.54, 1.807) is 39.0 Å². The van der Waals surface area contributed by atoms with E-state index in [4.69, 9.17) is 33.1 Å². The van der Waals surface area contributed by atoms with E-state index in [9.17, 15) is 31.2 Å². The van der Waals surface area contributed by atoms with Crippen LogP contribution in [0.25, 0.3) is 11.4 Å². The largest absolute Gasteiger partial charge is 0.443 e. The monoisotopic (exact) mass is 990 g/mol. The van der Waals surface area contributed by atoms with Crippen LogP contribution < -0.4 is 9.86 Å². The molecule has 6 aromatic rings. The molecule has 0 radical (unpaired) electrons. The van der Waals surface area contributed by atoms with Crippen molar-refractivity contribution < 1.29 is 36.0 Å².